The number of ether oxygens (including phenoxy) is 2. The summed E-state index contributed by atoms with van der Waals surface area (Å²) in [5, 5.41) is 3.00. The van der Waals surface area contributed by atoms with Gasteiger partial charge in [-0.1, -0.05) is 72.2 Å². The van der Waals surface area contributed by atoms with Crippen molar-refractivity contribution >= 4 is 33.5 Å². The van der Waals surface area contributed by atoms with Crippen LogP contribution in [0, 0.1) is 23.7 Å². The number of hydrogen-bond donors (Lipinski definition) is 1. The number of amides is 1. The minimum Gasteiger partial charge on any atom is -0.461 e. The maximum Gasteiger partial charge on any atom is 0.310 e. The first-order chi connectivity index (χ1) is 17.3. The SMILES string of the molecule is CC(C)(c1ccccc1)c1ccc(Oc2ccc(NC(=O)C3C4CC5C(OC(=O)C53)C4Br)cc2)cc1. The van der Waals surface area contributed by atoms with Crippen LogP contribution in [0.3, 0.4) is 0 Å². The molecule has 6 rings (SSSR count). The number of nitrogens with one attached hydrogen (secondary N) is 1. The molecule has 1 heterocycles. The average Bonchev–Trinajstić information content (AvgIpc) is 3.50. The molecule has 6 heteroatoms. The highest BCUT2D eigenvalue weighted by molar-refractivity contribution is 9.09. The van der Waals surface area contributed by atoms with Crippen molar-refractivity contribution in [1.82, 2.24) is 0 Å². The Morgan fingerprint density at radius 2 is 1.53 bits per heavy atom. The molecule has 36 heavy (non-hydrogen) atoms. The van der Waals surface area contributed by atoms with Gasteiger partial charge in [-0.2, -0.15) is 0 Å². The molecule has 1 N–H and O–H groups in total. The van der Waals surface area contributed by atoms with Crippen molar-refractivity contribution in [2.24, 2.45) is 23.7 Å². The van der Waals surface area contributed by atoms with Crippen molar-refractivity contribution in [3.05, 3.63) is 90.0 Å². The monoisotopic (exact) mass is 545 g/mol. The van der Waals surface area contributed by atoms with E-state index in [0.717, 1.165) is 12.2 Å². The van der Waals surface area contributed by atoms with Gasteiger partial charge >= 0.3 is 5.97 Å². The lowest BCUT2D eigenvalue weighted by atomic mass is 9.78. The van der Waals surface area contributed by atoms with Crippen LogP contribution in [0.4, 0.5) is 5.69 Å². The molecule has 0 radical (unpaired) electrons. The smallest absolute Gasteiger partial charge is 0.310 e. The van der Waals surface area contributed by atoms with E-state index in [2.05, 4.69) is 71.5 Å². The van der Waals surface area contributed by atoms with E-state index in [1.165, 1.54) is 11.1 Å². The fraction of sp³-hybridized carbons (Fsp3) is 0.333. The maximum absolute atomic E-state index is 13.1. The fourth-order valence-electron chi connectivity index (χ4n) is 6.26. The van der Waals surface area contributed by atoms with E-state index in [0.29, 0.717) is 11.4 Å². The largest absolute Gasteiger partial charge is 0.461 e. The molecular formula is C30H28BrNO4. The summed E-state index contributed by atoms with van der Waals surface area (Å²) < 4.78 is 11.6. The number of carbonyl (C=O) groups excluding carboxylic acids is 2. The lowest BCUT2D eigenvalue weighted by Gasteiger charge is -2.27. The summed E-state index contributed by atoms with van der Waals surface area (Å²) in [7, 11) is 0. The number of rotatable bonds is 6. The van der Waals surface area contributed by atoms with Crippen LogP contribution in [-0.2, 0) is 19.7 Å². The van der Waals surface area contributed by atoms with Crippen molar-refractivity contribution in [1.29, 1.82) is 0 Å². The van der Waals surface area contributed by atoms with Crippen LogP contribution in [0.15, 0.2) is 78.9 Å². The highest BCUT2D eigenvalue weighted by Gasteiger charge is 2.67. The van der Waals surface area contributed by atoms with E-state index in [-0.39, 0.29) is 51.9 Å². The highest BCUT2D eigenvalue weighted by atomic mass is 79.9. The van der Waals surface area contributed by atoms with Crippen LogP contribution in [-0.4, -0.2) is 22.8 Å². The lowest BCUT2D eigenvalue weighted by Crippen LogP contribution is -2.40. The van der Waals surface area contributed by atoms with Gasteiger partial charge in [0, 0.05) is 17.0 Å². The minimum absolute atomic E-state index is 0.0568. The Morgan fingerprint density at radius 1 is 0.917 bits per heavy atom. The predicted octanol–water partition coefficient (Wildman–Crippen LogP) is 6.31. The topological polar surface area (TPSA) is 64.6 Å². The average molecular weight is 546 g/mol. The lowest BCUT2D eigenvalue weighted by molar-refractivity contribution is -0.145. The van der Waals surface area contributed by atoms with E-state index in [1.807, 2.05) is 42.5 Å². The first-order valence-electron chi connectivity index (χ1n) is 12.4. The van der Waals surface area contributed by atoms with Crippen LogP contribution >= 0.6 is 15.9 Å². The number of benzene rings is 3. The van der Waals surface area contributed by atoms with Crippen LogP contribution < -0.4 is 10.1 Å². The Kier molecular flexibility index (Phi) is 5.67. The quantitative estimate of drug-likeness (QED) is 0.291. The first-order valence-corrected chi connectivity index (χ1v) is 13.3. The number of fused-ring (bicyclic) bond motifs is 1. The van der Waals surface area contributed by atoms with Gasteiger partial charge in [-0.05, 0) is 59.9 Å². The van der Waals surface area contributed by atoms with E-state index in [9.17, 15) is 9.59 Å². The standard InChI is InChI=1S/C30H28BrNO4/c1-30(2,17-6-4-3-5-7-17)18-8-12-20(13-9-18)35-21-14-10-19(11-15-21)32-28(33)24-22-16-23-25(24)29(34)36-27(23)26(22)31/h3-15,22-27H,16H2,1-2H3,(H,32,33). The maximum atomic E-state index is 13.1. The van der Waals surface area contributed by atoms with Gasteiger partial charge in [0.2, 0.25) is 5.91 Å². The zero-order chi connectivity index (χ0) is 25.0. The van der Waals surface area contributed by atoms with Crippen molar-refractivity contribution in [3.63, 3.8) is 0 Å². The van der Waals surface area contributed by atoms with Crippen LogP contribution in [0.5, 0.6) is 11.5 Å². The number of alkyl halides is 1. The molecule has 3 aliphatic rings. The second kappa shape index (κ2) is 8.77. The third-order valence-corrected chi connectivity index (χ3v) is 9.45. The van der Waals surface area contributed by atoms with Gasteiger partial charge in [-0.3, -0.25) is 9.59 Å². The molecule has 1 aliphatic heterocycles. The van der Waals surface area contributed by atoms with Crippen molar-refractivity contribution in [2.45, 2.75) is 36.6 Å². The minimum atomic E-state index is -0.347. The van der Waals surface area contributed by atoms with Gasteiger partial charge in [0.1, 0.15) is 17.6 Å². The molecule has 1 amide bonds. The Balaban J connectivity index is 1.10. The molecule has 1 saturated heterocycles. The third kappa shape index (κ3) is 3.83. The van der Waals surface area contributed by atoms with Gasteiger partial charge in [-0.25, -0.2) is 0 Å². The first kappa shape index (κ1) is 23.3. The van der Waals surface area contributed by atoms with E-state index < -0.39 is 0 Å². The molecule has 2 aliphatic carbocycles. The summed E-state index contributed by atoms with van der Waals surface area (Å²) in [6.45, 7) is 4.43. The van der Waals surface area contributed by atoms with Crippen molar-refractivity contribution in [3.8, 4) is 11.5 Å². The summed E-state index contributed by atoms with van der Waals surface area (Å²) in [6, 6.07) is 26.0. The van der Waals surface area contributed by atoms with Crippen molar-refractivity contribution < 1.29 is 19.1 Å². The summed E-state index contributed by atoms with van der Waals surface area (Å²) >= 11 is 3.66. The molecule has 0 aromatic heterocycles. The van der Waals surface area contributed by atoms with Crippen molar-refractivity contribution in [2.75, 3.05) is 5.32 Å². The van der Waals surface area contributed by atoms with Crippen LogP contribution in [0.2, 0.25) is 0 Å². The number of hydrogen-bond acceptors (Lipinski definition) is 4. The second-order valence-electron chi connectivity index (χ2n) is 10.6. The number of anilines is 1. The molecule has 2 saturated carbocycles. The molecule has 184 valence electrons. The Hall–Kier alpha value is -3.12. The normalized spacial score (nSPS) is 28.1. The predicted molar refractivity (Wildman–Crippen MR) is 141 cm³/mol. The van der Waals surface area contributed by atoms with E-state index in [1.54, 1.807) is 0 Å². The molecule has 6 atom stereocenters. The summed E-state index contributed by atoms with van der Waals surface area (Å²) in [5.74, 6) is 0.726. The summed E-state index contributed by atoms with van der Waals surface area (Å²) in [6.07, 6.45) is 0.787. The molecule has 3 aromatic rings. The third-order valence-electron chi connectivity index (χ3n) is 8.25. The summed E-state index contributed by atoms with van der Waals surface area (Å²) in [4.78, 5) is 25.5. The Morgan fingerprint density at radius 3 is 2.19 bits per heavy atom. The van der Waals surface area contributed by atoms with Gasteiger partial charge in [0.05, 0.1) is 16.7 Å². The zero-order valence-corrected chi connectivity index (χ0v) is 21.8. The van der Waals surface area contributed by atoms with E-state index in [4.69, 9.17) is 9.47 Å². The number of esters is 1. The number of carbonyl (C=O) groups is 2. The van der Waals surface area contributed by atoms with Gasteiger partial charge in [0.15, 0.2) is 0 Å². The van der Waals surface area contributed by atoms with Gasteiger partial charge < -0.3 is 14.8 Å². The zero-order valence-electron chi connectivity index (χ0n) is 20.2. The van der Waals surface area contributed by atoms with E-state index >= 15 is 0 Å². The molecule has 5 nitrogen and oxygen atoms in total. The molecule has 3 fully saturated rings. The van der Waals surface area contributed by atoms with Gasteiger partial charge in [-0.15, -0.1) is 0 Å². The Bertz CT molecular complexity index is 1290. The van der Waals surface area contributed by atoms with Gasteiger partial charge in [0.25, 0.3) is 0 Å². The van der Waals surface area contributed by atoms with Crippen LogP contribution in [0.1, 0.15) is 31.4 Å². The molecule has 0 spiro atoms. The number of halogens is 1. The summed E-state index contributed by atoms with van der Waals surface area (Å²) in [5.41, 5.74) is 3.05. The molecule has 6 unspecified atom stereocenters. The molecule has 3 aromatic carbocycles. The molecular weight excluding hydrogens is 518 g/mol. The fourth-order valence-corrected chi connectivity index (χ4v) is 7.30. The second-order valence-corrected chi connectivity index (χ2v) is 11.6. The van der Waals surface area contributed by atoms with Crippen LogP contribution in [0.25, 0.3) is 0 Å². The highest BCUT2D eigenvalue weighted by Crippen LogP contribution is 2.60. The Labute approximate surface area is 219 Å². The molecule has 2 bridgehead atoms.